The van der Waals surface area contributed by atoms with Crippen LogP contribution in [-0.2, 0) is 24.8 Å². The molecule has 0 aromatic carbocycles. The lowest BCUT2D eigenvalue weighted by atomic mass is 9.46. The third-order valence-electron chi connectivity index (χ3n) is 6.81. The summed E-state index contributed by atoms with van der Waals surface area (Å²) in [5.41, 5.74) is -6.48. The molecule has 0 aromatic rings. The fraction of sp³-hybridized carbons (Fsp3) is 0.938. The maximum absolute atomic E-state index is 14.2. The third-order valence-corrected chi connectivity index (χ3v) is 10.1. The van der Waals surface area contributed by atoms with Gasteiger partial charge in [-0.25, -0.2) is 16.8 Å². The minimum Gasteiger partial charge on any atom is -0.292 e. The molecule has 0 aliphatic heterocycles. The molecule has 13 heteroatoms. The van der Waals surface area contributed by atoms with Crippen LogP contribution in [0.1, 0.15) is 51.9 Å². The van der Waals surface area contributed by atoms with Crippen LogP contribution in [0.15, 0.2) is 0 Å². The predicted octanol–water partition coefficient (Wildman–Crippen LogP) is 3.16. The van der Waals surface area contributed by atoms with E-state index >= 15 is 0 Å². The van der Waals surface area contributed by atoms with E-state index in [9.17, 15) is 43.6 Å². The van der Waals surface area contributed by atoms with Crippen molar-refractivity contribution < 1.29 is 43.6 Å². The van der Waals surface area contributed by atoms with Gasteiger partial charge >= 0.3 is 20.8 Å². The van der Waals surface area contributed by atoms with E-state index in [4.69, 9.17) is 0 Å². The Morgan fingerprint density at radius 1 is 0.931 bits per heavy atom. The number of rotatable bonds is 7. The fourth-order valence-electron chi connectivity index (χ4n) is 5.79. The van der Waals surface area contributed by atoms with Crippen molar-refractivity contribution in [3.8, 4) is 0 Å². The van der Waals surface area contributed by atoms with Crippen molar-refractivity contribution >= 4 is 25.8 Å². The van der Waals surface area contributed by atoms with E-state index in [1.165, 1.54) is 0 Å². The second kappa shape index (κ2) is 6.84. The van der Waals surface area contributed by atoms with Crippen LogP contribution in [0, 0.1) is 29.1 Å². The van der Waals surface area contributed by atoms with Crippen LogP contribution in [0.4, 0.5) is 22.0 Å². The quantitative estimate of drug-likeness (QED) is 0.580. The Balaban J connectivity index is 1.75. The number of hydrogen-bond donors (Lipinski definition) is 1. The van der Waals surface area contributed by atoms with E-state index in [0.29, 0.717) is 17.8 Å². The van der Waals surface area contributed by atoms with E-state index < -0.39 is 48.9 Å². The number of ketones is 1. The monoisotopic (exact) mass is 467 g/mol. The fourth-order valence-corrected chi connectivity index (χ4v) is 8.12. The van der Waals surface area contributed by atoms with Crippen LogP contribution in [-0.4, -0.2) is 33.4 Å². The van der Waals surface area contributed by atoms with Crippen molar-refractivity contribution in [1.29, 1.82) is 0 Å². The second-order valence-electron chi connectivity index (χ2n) is 8.86. The number of alkyl halides is 5. The lowest BCUT2D eigenvalue weighted by Crippen LogP contribution is -2.52. The van der Waals surface area contributed by atoms with E-state index in [0.717, 1.165) is 38.5 Å². The number of carbonyl (C=O) groups is 1. The van der Waals surface area contributed by atoms with Crippen molar-refractivity contribution in [2.45, 2.75) is 62.6 Å². The molecule has 0 amide bonds. The molecule has 1 unspecified atom stereocenters. The zero-order valence-electron chi connectivity index (χ0n) is 15.5. The van der Waals surface area contributed by atoms with Gasteiger partial charge in [-0.15, -0.1) is 0 Å². The molecule has 4 bridgehead atoms. The summed E-state index contributed by atoms with van der Waals surface area (Å²) in [6.45, 7) is 1.58. The van der Waals surface area contributed by atoms with Gasteiger partial charge in [-0.3, -0.25) is 4.79 Å². The van der Waals surface area contributed by atoms with E-state index in [-0.39, 0.29) is 9.54 Å². The Morgan fingerprint density at radius 2 is 1.34 bits per heavy atom. The second-order valence-corrected chi connectivity index (χ2v) is 12.5. The number of hydrogen-bond acceptors (Lipinski definition) is 5. The molecule has 4 rings (SSSR count). The summed E-state index contributed by atoms with van der Waals surface area (Å²) in [5.74, 6) is -1.36. The molecule has 0 spiro atoms. The molecule has 1 atom stereocenters. The number of halogens is 5. The molecule has 4 aliphatic rings. The van der Waals surface area contributed by atoms with Crippen LogP contribution in [0.2, 0.25) is 0 Å². The summed E-state index contributed by atoms with van der Waals surface area (Å²) in [6, 6.07) is 0. The zero-order chi connectivity index (χ0) is 22.0. The first-order valence-corrected chi connectivity index (χ1v) is 12.2. The van der Waals surface area contributed by atoms with Gasteiger partial charge in [0.2, 0.25) is 5.78 Å². The van der Waals surface area contributed by atoms with Crippen LogP contribution >= 0.6 is 0 Å². The summed E-state index contributed by atoms with van der Waals surface area (Å²) < 4.78 is 111. The molecular formula is C16H22F5NO5S2. The standard InChI is InChI=1S/C16H22F5NO5S2/c1-9(14-6-10-3-11(7-14)5-12(4-10)8-14)2-13(23)15(17,18)28(24,25)22-29(26,27)16(19,20)21/h9-12,22H,2-8H2,1H3. The molecule has 4 fully saturated rings. The zero-order valence-corrected chi connectivity index (χ0v) is 17.1. The number of sulfonamides is 2. The number of nitrogens with one attached hydrogen (secondary N) is 1. The van der Waals surface area contributed by atoms with E-state index in [2.05, 4.69) is 0 Å². The van der Waals surface area contributed by atoms with E-state index in [1.54, 1.807) is 6.92 Å². The topological polar surface area (TPSA) is 97.4 Å². The molecular weight excluding hydrogens is 445 g/mol. The minimum atomic E-state index is -6.61. The highest BCUT2D eigenvalue weighted by Crippen LogP contribution is 2.63. The molecule has 1 N–H and O–H groups in total. The van der Waals surface area contributed by atoms with Crippen LogP contribution in [0.5, 0.6) is 0 Å². The van der Waals surface area contributed by atoms with Crippen LogP contribution in [0.3, 0.4) is 0 Å². The van der Waals surface area contributed by atoms with Gasteiger partial charge in [0, 0.05) is 6.42 Å². The van der Waals surface area contributed by atoms with Gasteiger partial charge in [-0.1, -0.05) is 11.1 Å². The summed E-state index contributed by atoms with van der Waals surface area (Å²) in [7, 11) is -13.0. The Morgan fingerprint density at radius 3 is 1.72 bits per heavy atom. The molecule has 0 heterocycles. The van der Waals surface area contributed by atoms with Crippen molar-refractivity contribution in [3.05, 3.63) is 0 Å². The highest BCUT2D eigenvalue weighted by molar-refractivity contribution is 8.05. The van der Waals surface area contributed by atoms with Crippen LogP contribution in [0.25, 0.3) is 0 Å². The lowest BCUT2D eigenvalue weighted by Gasteiger charge is -2.59. The predicted molar refractivity (Wildman–Crippen MR) is 91.4 cm³/mol. The lowest BCUT2D eigenvalue weighted by molar-refractivity contribution is -0.139. The summed E-state index contributed by atoms with van der Waals surface area (Å²) in [5, 5.41) is -5.30. The SMILES string of the molecule is CC(CC(=O)C(F)(F)S(=O)(=O)NS(=O)(=O)C(F)(F)F)C12CC3CC(CC(C3)C1)C2. The Kier molecular flexibility index (Phi) is 5.39. The van der Waals surface area contributed by atoms with Gasteiger partial charge in [0.25, 0.3) is 10.0 Å². The van der Waals surface area contributed by atoms with Crippen molar-refractivity contribution in [1.82, 2.24) is 4.13 Å². The molecule has 0 radical (unpaired) electrons. The Labute approximate surface area is 165 Å². The first kappa shape index (κ1) is 22.9. The van der Waals surface area contributed by atoms with Gasteiger partial charge in [0.1, 0.15) is 0 Å². The first-order valence-electron chi connectivity index (χ1n) is 9.24. The Hall–Kier alpha value is -0.820. The first-order chi connectivity index (χ1) is 13.0. The molecule has 4 aliphatic carbocycles. The maximum Gasteiger partial charge on any atom is 0.512 e. The average molecular weight is 467 g/mol. The van der Waals surface area contributed by atoms with Gasteiger partial charge in [-0.2, -0.15) is 22.0 Å². The average Bonchev–Trinajstić information content (AvgIpc) is 2.51. The maximum atomic E-state index is 14.2. The number of Topliss-reactive ketones (excluding diaryl/α,β-unsaturated/α-hetero) is 1. The molecule has 29 heavy (non-hydrogen) atoms. The van der Waals surface area contributed by atoms with Crippen molar-refractivity contribution in [3.63, 3.8) is 0 Å². The summed E-state index contributed by atoms with van der Waals surface area (Å²) in [6.07, 6.45) is 4.59. The molecule has 6 nitrogen and oxygen atoms in total. The molecule has 4 saturated carbocycles. The smallest absolute Gasteiger partial charge is 0.292 e. The highest BCUT2D eigenvalue weighted by Gasteiger charge is 2.60. The molecule has 0 saturated heterocycles. The van der Waals surface area contributed by atoms with Gasteiger partial charge < -0.3 is 0 Å². The van der Waals surface area contributed by atoms with Crippen molar-refractivity contribution in [2.75, 3.05) is 0 Å². The summed E-state index contributed by atoms with van der Waals surface area (Å²) in [4.78, 5) is 12.1. The van der Waals surface area contributed by atoms with Gasteiger partial charge in [-0.05, 0) is 67.6 Å². The summed E-state index contributed by atoms with van der Waals surface area (Å²) >= 11 is 0. The normalized spacial score (nSPS) is 33.7. The third kappa shape index (κ3) is 3.93. The minimum absolute atomic E-state index is 0.0490. The highest BCUT2D eigenvalue weighted by atomic mass is 32.3. The largest absolute Gasteiger partial charge is 0.512 e. The Bertz CT molecular complexity index is 862. The van der Waals surface area contributed by atoms with Gasteiger partial charge in [0.15, 0.2) is 0 Å². The van der Waals surface area contributed by atoms with E-state index in [1.807, 2.05) is 0 Å². The van der Waals surface area contributed by atoms with Crippen LogP contribution < -0.4 is 4.13 Å². The van der Waals surface area contributed by atoms with Crippen molar-refractivity contribution in [2.24, 2.45) is 29.1 Å². The molecule has 0 aromatic heterocycles. The number of carbonyl (C=O) groups excluding carboxylic acids is 1. The van der Waals surface area contributed by atoms with Gasteiger partial charge in [0.05, 0.1) is 0 Å². The molecule has 168 valence electrons.